The van der Waals surface area contributed by atoms with Gasteiger partial charge in [0.05, 0.1) is 16.9 Å². The lowest BCUT2D eigenvalue weighted by Gasteiger charge is -2.19. The predicted octanol–water partition coefficient (Wildman–Crippen LogP) is 9.26. The maximum atomic E-state index is 11.9. The number of carbonyl (C=O) groups excluding carboxylic acids is 4. The van der Waals surface area contributed by atoms with Crippen molar-refractivity contribution >= 4 is 57.2 Å². The molecule has 8 rings (SSSR count). The predicted molar refractivity (Wildman–Crippen MR) is 248 cm³/mol. The van der Waals surface area contributed by atoms with E-state index in [9.17, 15) is 28.8 Å². The van der Waals surface area contributed by atoms with Gasteiger partial charge in [0.15, 0.2) is 28.2 Å². The van der Waals surface area contributed by atoms with Gasteiger partial charge in [-0.2, -0.15) is 0 Å². The molecule has 4 unspecified atom stereocenters. The summed E-state index contributed by atoms with van der Waals surface area (Å²) >= 11 is 8.23. The normalized spacial score (nSPS) is 16.7. The lowest BCUT2D eigenvalue weighted by atomic mass is 10.1. The number of rotatable bonds is 19. The third kappa shape index (κ3) is 14.2. The minimum atomic E-state index is -0.794. The molecular weight excluding hydrogens is 926 g/mol. The summed E-state index contributed by atoms with van der Waals surface area (Å²) in [5.74, 6) is 0.575. The number of thioether (sulfide) groups is 2. The Bertz CT molecular complexity index is 2760. The summed E-state index contributed by atoms with van der Waals surface area (Å²) in [6.45, 7) is 6.36. The number of ether oxygens (including phenoxy) is 4. The zero-order valence-electron chi connectivity index (χ0n) is 36.6. The quantitative estimate of drug-likeness (QED) is 0.0751. The van der Waals surface area contributed by atoms with Gasteiger partial charge in [-0.05, 0) is 78.4 Å². The first-order valence-corrected chi connectivity index (χ1v) is 23.3. The van der Waals surface area contributed by atoms with Crippen LogP contribution in [0, 0.1) is 6.92 Å². The largest absolute Gasteiger partial charge is 0.519 e. The average molecular weight is 972 g/mol. The van der Waals surface area contributed by atoms with Crippen LogP contribution >= 0.6 is 35.1 Å². The summed E-state index contributed by atoms with van der Waals surface area (Å²) in [7, 11) is 0. The summed E-state index contributed by atoms with van der Waals surface area (Å²) in [6.07, 6.45) is 1.31. The Labute approximate surface area is 397 Å². The molecule has 1 N–H and O–H groups in total. The molecule has 15 nitrogen and oxygen atoms in total. The minimum absolute atomic E-state index is 0.00695. The average Bonchev–Trinajstić information content (AvgIpc) is 4.07. The second kappa shape index (κ2) is 23.1. The number of Topliss-reactive ketones (excluding diaryl/α,β-unsaturated/α-hetero) is 1. The molecule has 6 aromatic rings. The fourth-order valence-electron chi connectivity index (χ4n) is 6.94. The molecule has 0 saturated carbocycles. The molecule has 0 bridgehead atoms. The standard InChI is InChI=1S/C27H28O7S.C22H18ClNO7S/c1-16(2)26-23(33-27(30)34-26)15-32-22(19-8-4-17(3)5-9-19)14-31-20-10-6-18(7-11-20)12-24-21(28)13-25(29)35-24;23-15-3-1-2-14(9-15)18(29-10-17-11-30-22(27)31-17)12-28-16-6-4-13(5-7-16)8-19-20(25)24-21(26)32-19/h4-11,16,22,24H,12-15H2,1-3H3;1-7,9,11,18-19H,8,10,12H2,(H,24,25,26). The Morgan fingerprint density at radius 3 is 1.88 bits per heavy atom. The molecule has 4 atom stereocenters. The van der Waals surface area contributed by atoms with E-state index >= 15 is 0 Å². The molecule has 350 valence electrons. The number of imide groups is 1. The molecule has 0 spiro atoms. The number of nitrogens with one attached hydrogen (secondary N) is 1. The number of aryl methyl sites for hydroxylation is 1. The molecule has 67 heavy (non-hydrogen) atoms. The van der Waals surface area contributed by atoms with Gasteiger partial charge in [-0.1, -0.05) is 115 Å². The van der Waals surface area contributed by atoms with Crippen LogP contribution in [0.4, 0.5) is 4.79 Å². The van der Waals surface area contributed by atoms with E-state index < -0.39 is 29.1 Å². The van der Waals surface area contributed by atoms with Crippen LogP contribution < -0.4 is 26.4 Å². The zero-order valence-corrected chi connectivity index (χ0v) is 39.0. The van der Waals surface area contributed by atoms with E-state index in [1.165, 1.54) is 6.26 Å². The smallest absolute Gasteiger partial charge is 0.491 e. The van der Waals surface area contributed by atoms with Crippen LogP contribution in [0.5, 0.6) is 11.5 Å². The van der Waals surface area contributed by atoms with E-state index in [4.69, 9.17) is 43.8 Å². The monoisotopic (exact) mass is 971 g/mol. The number of hydrogen-bond donors (Lipinski definition) is 1. The second-order valence-corrected chi connectivity index (χ2v) is 18.7. The van der Waals surface area contributed by atoms with Crippen LogP contribution in [0.3, 0.4) is 0 Å². The van der Waals surface area contributed by atoms with Crippen molar-refractivity contribution in [2.24, 2.45) is 0 Å². The van der Waals surface area contributed by atoms with Gasteiger partial charge in [0.1, 0.15) is 56.4 Å². The molecule has 2 amide bonds. The number of amides is 2. The highest BCUT2D eigenvalue weighted by Crippen LogP contribution is 2.30. The number of carbonyl (C=O) groups is 4. The molecule has 0 radical (unpaired) electrons. The van der Waals surface area contributed by atoms with Gasteiger partial charge in [0.25, 0.3) is 5.24 Å². The third-order valence-corrected chi connectivity index (χ3v) is 12.8. The Hall–Kier alpha value is -6.11. The van der Waals surface area contributed by atoms with Gasteiger partial charge in [-0.25, -0.2) is 9.59 Å². The van der Waals surface area contributed by atoms with E-state index in [0.29, 0.717) is 40.9 Å². The second-order valence-electron chi connectivity index (χ2n) is 15.8. The Morgan fingerprint density at radius 2 is 1.33 bits per heavy atom. The maximum Gasteiger partial charge on any atom is 0.519 e. The number of hydrogen-bond acceptors (Lipinski definition) is 16. The van der Waals surface area contributed by atoms with Crippen molar-refractivity contribution < 1.29 is 55.8 Å². The van der Waals surface area contributed by atoms with Crippen LogP contribution in [0.15, 0.2) is 131 Å². The number of benzene rings is 4. The SMILES string of the molecule is Cc1ccc(C(COc2ccc(CC3SC(=O)CC3=O)cc2)OCc2oc(=O)oc2C(C)C)cc1.O=C1NC(=O)C(Cc2ccc(OCC(OCc3coc(=O)o3)c3cccc(Cl)c3)cc2)S1. The third-order valence-electron chi connectivity index (χ3n) is 10.4. The molecule has 18 heteroatoms. The molecular formula is C49H46ClNO14S2. The highest BCUT2D eigenvalue weighted by molar-refractivity contribution is 8.15. The zero-order chi connectivity index (χ0) is 47.5. The van der Waals surface area contributed by atoms with Crippen LogP contribution in [0.1, 0.15) is 83.5 Å². The van der Waals surface area contributed by atoms with Gasteiger partial charge in [-0.3, -0.25) is 24.5 Å². The van der Waals surface area contributed by atoms with Crippen molar-refractivity contribution in [1.82, 2.24) is 5.32 Å². The summed E-state index contributed by atoms with van der Waals surface area (Å²) in [4.78, 5) is 69.1. The van der Waals surface area contributed by atoms with Crippen molar-refractivity contribution in [1.29, 1.82) is 0 Å². The number of ketones is 1. The van der Waals surface area contributed by atoms with E-state index in [1.54, 1.807) is 24.3 Å². The van der Waals surface area contributed by atoms with Crippen LogP contribution in [0.25, 0.3) is 0 Å². The molecule has 2 saturated heterocycles. The Morgan fingerprint density at radius 1 is 0.701 bits per heavy atom. The molecule has 0 aliphatic carbocycles. The van der Waals surface area contributed by atoms with E-state index in [2.05, 4.69) is 9.73 Å². The topological polar surface area (TPSA) is 204 Å². The molecule has 2 aliphatic rings. The van der Waals surface area contributed by atoms with Crippen molar-refractivity contribution in [2.75, 3.05) is 13.2 Å². The Balaban J connectivity index is 0.000000200. The number of halogens is 1. The maximum absolute atomic E-state index is 11.9. The molecule has 4 heterocycles. The van der Waals surface area contributed by atoms with E-state index in [0.717, 1.165) is 51.3 Å². The first-order chi connectivity index (χ1) is 32.2. The van der Waals surface area contributed by atoms with Gasteiger partial charge in [-0.15, -0.1) is 0 Å². The fraction of sp³-hybridized carbons (Fsp3) is 0.306. The molecule has 2 aliphatic heterocycles. The van der Waals surface area contributed by atoms with E-state index in [-0.39, 0.29) is 71.8 Å². The van der Waals surface area contributed by atoms with E-state index in [1.807, 2.05) is 93.6 Å². The lowest BCUT2D eigenvalue weighted by Crippen LogP contribution is -2.25. The first kappa shape index (κ1) is 48.8. The van der Waals surface area contributed by atoms with Gasteiger partial charge >= 0.3 is 11.6 Å². The molecule has 4 aromatic carbocycles. The van der Waals surface area contributed by atoms with Crippen LogP contribution in [0.2, 0.25) is 5.02 Å². The van der Waals surface area contributed by atoms with Crippen molar-refractivity contribution in [3.8, 4) is 11.5 Å². The summed E-state index contributed by atoms with van der Waals surface area (Å²) in [5.41, 5.74) is 4.75. The highest BCUT2D eigenvalue weighted by Gasteiger charge is 2.32. The molecule has 2 aromatic heterocycles. The van der Waals surface area contributed by atoms with Crippen LogP contribution in [-0.2, 0) is 49.9 Å². The minimum Gasteiger partial charge on any atom is -0.491 e. The van der Waals surface area contributed by atoms with Crippen molar-refractivity contribution in [3.05, 3.63) is 175 Å². The highest BCUT2D eigenvalue weighted by atomic mass is 35.5. The van der Waals surface area contributed by atoms with Crippen LogP contribution in [-0.4, -0.2) is 45.8 Å². The fourth-order valence-corrected chi connectivity index (χ4v) is 9.03. The lowest BCUT2D eigenvalue weighted by molar-refractivity contribution is -0.121. The van der Waals surface area contributed by atoms with Gasteiger partial charge in [0, 0.05) is 10.9 Å². The Kier molecular flexibility index (Phi) is 16.8. The van der Waals surface area contributed by atoms with Crippen molar-refractivity contribution in [2.45, 2.75) is 81.9 Å². The summed E-state index contributed by atoms with van der Waals surface area (Å²) in [6, 6.07) is 30.0. The summed E-state index contributed by atoms with van der Waals surface area (Å²) < 4.78 is 43.8. The van der Waals surface area contributed by atoms with Crippen molar-refractivity contribution in [3.63, 3.8) is 0 Å². The van der Waals surface area contributed by atoms with Gasteiger partial charge < -0.3 is 36.6 Å². The van der Waals surface area contributed by atoms with Gasteiger partial charge in [0.2, 0.25) is 5.91 Å². The summed E-state index contributed by atoms with van der Waals surface area (Å²) in [5, 5.41) is 1.75. The molecule has 2 fully saturated rings. The first-order valence-electron chi connectivity index (χ1n) is 21.2.